The van der Waals surface area contributed by atoms with Crippen molar-refractivity contribution in [2.75, 3.05) is 0 Å². The summed E-state index contributed by atoms with van der Waals surface area (Å²) in [6, 6.07) is 4.18. The van der Waals surface area contributed by atoms with E-state index < -0.39 is 33.6 Å². The highest BCUT2D eigenvalue weighted by Crippen LogP contribution is 2.68. The molecule has 0 fully saturated rings. The minimum Gasteiger partial charge on any atom is -0.0943 e. The van der Waals surface area contributed by atoms with Crippen LogP contribution in [0.1, 0.15) is 36.5 Å². The summed E-state index contributed by atoms with van der Waals surface area (Å²) >= 11 is 112. The van der Waals surface area contributed by atoms with Crippen molar-refractivity contribution in [1.29, 1.82) is 0 Å². The van der Waals surface area contributed by atoms with Crippen LogP contribution >= 0.6 is 209 Å². The molecule has 0 spiro atoms. The average molecular weight is 852 g/mol. The van der Waals surface area contributed by atoms with Gasteiger partial charge in [-0.15, -0.1) is 0 Å². The summed E-state index contributed by atoms with van der Waals surface area (Å²) in [4.78, 5) is 0. The molecule has 0 aliphatic carbocycles. The third-order valence-corrected chi connectivity index (χ3v) is 15.6. The first-order valence-electron chi connectivity index (χ1n) is 8.58. The SMILES string of the molecule is CC(C)c1ccc(C(Cl)(Cl)C(Cl)(Cl)C(Cl)(Cl)C(Cl)(Cl)Cl)cc1C(Cl)(Cl)C(Cl)(Cl)C(Cl)(Cl)C(Cl)(Cl)Cl. The summed E-state index contributed by atoms with van der Waals surface area (Å²) in [5.41, 5.74) is 0.376. The first kappa shape index (κ1) is 37.5. The molecular formula is C17H10Cl18. The van der Waals surface area contributed by atoms with Crippen LogP contribution < -0.4 is 0 Å². The minimum absolute atomic E-state index is 0.0169. The molecule has 0 aliphatic heterocycles. The molecule has 0 aromatic heterocycles. The van der Waals surface area contributed by atoms with Crippen LogP contribution in [-0.4, -0.2) is 24.9 Å². The lowest BCUT2D eigenvalue weighted by Crippen LogP contribution is -2.55. The zero-order valence-electron chi connectivity index (χ0n) is 16.6. The van der Waals surface area contributed by atoms with Crippen molar-refractivity contribution in [1.82, 2.24) is 0 Å². The zero-order valence-corrected chi connectivity index (χ0v) is 30.2. The van der Waals surface area contributed by atoms with E-state index >= 15 is 0 Å². The van der Waals surface area contributed by atoms with Crippen molar-refractivity contribution < 1.29 is 0 Å². The van der Waals surface area contributed by atoms with Gasteiger partial charge < -0.3 is 0 Å². The van der Waals surface area contributed by atoms with Crippen molar-refractivity contribution in [3.05, 3.63) is 34.9 Å². The molecule has 0 heterocycles. The van der Waals surface area contributed by atoms with Crippen molar-refractivity contribution in [3.63, 3.8) is 0 Å². The van der Waals surface area contributed by atoms with E-state index in [-0.39, 0.29) is 17.0 Å². The van der Waals surface area contributed by atoms with Crippen LogP contribution in [-0.2, 0) is 8.67 Å². The van der Waals surface area contributed by atoms with Gasteiger partial charge in [0.1, 0.15) is 0 Å². The molecule has 0 radical (unpaired) electrons. The van der Waals surface area contributed by atoms with Crippen LogP contribution in [0.4, 0.5) is 0 Å². The zero-order chi connectivity index (χ0) is 28.4. The van der Waals surface area contributed by atoms with Gasteiger partial charge in [-0.2, -0.15) is 0 Å². The van der Waals surface area contributed by atoms with Crippen LogP contribution in [0.2, 0.25) is 0 Å². The van der Waals surface area contributed by atoms with E-state index in [9.17, 15) is 0 Å². The number of rotatable bonds is 7. The van der Waals surface area contributed by atoms with Crippen molar-refractivity contribution >= 4 is 209 Å². The topological polar surface area (TPSA) is 0 Å². The Hall–Kier alpha value is 4.44. The van der Waals surface area contributed by atoms with Crippen LogP contribution in [0.15, 0.2) is 18.2 Å². The number of hydrogen-bond donors (Lipinski definition) is 0. The Kier molecular flexibility index (Phi) is 12.7. The Labute approximate surface area is 293 Å². The summed E-state index contributed by atoms with van der Waals surface area (Å²) in [6.07, 6.45) is 0. The molecule has 0 N–H and O–H groups in total. The largest absolute Gasteiger partial charge is 0.226 e. The molecule has 0 saturated heterocycles. The number of benzene rings is 1. The fourth-order valence-electron chi connectivity index (χ4n) is 2.63. The Morgan fingerprint density at radius 2 is 0.829 bits per heavy atom. The first-order chi connectivity index (χ1) is 15.0. The average Bonchev–Trinajstić information content (AvgIpc) is 2.64. The van der Waals surface area contributed by atoms with E-state index in [1.165, 1.54) is 18.2 Å². The molecule has 0 bridgehead atoms. The number of halogens is 18. The molecule has 0 nitrogen and oxygen atoms in total. The molecule has 0 unspecified atom stereocenters. The standard InChI is InChI=1S/C17H10Cl18/c1-6(2)8-4-3-7(10(18,19)12(22,23)14(26,27)16(30,31)32)5-9(8)11(20,21)13(24,25)15(28,29)17(33,34)35/h3-6H,1-2H3. The lowest BCUT2D eigenvalue weighted by molar-refractivity contribution is 0.584. The van der Waals surface area contributed by atoms with Crippen LogP contribution in [0.25, 0.3) is 0 Å². The minimum atomic E-state index is -2.58. The maximum atomic E-state index is 6.68. The van der Waals surface area contributed by atoms with Crippen LogP contribution in [0.3, 0.4) is 0 Å². The summed E-state index contributed by atoms with van der Waals surface area (Å²) in [5.74, 6) is -0.244. The molecule has 0 aliphatic rings. The van der Waals surface area contributed by atoms with E-state index in [1.54, 1.807) is 13.8 Å². The van der Waals surface area contributed by atoms with Gasteiger partial charge in [-0.05, 0) is 28.7 Å². The fourth-order valence-corrected chi connectivity index (χ4v) is 7.13. The Morgan fingerprint density at radius 3 is 1.14 bits per heavy atom. The summed E-state index contributed by atoms with van der Waals surface area (Å²) in [7, 11) is 0. The second-order valence-corrected chi connectivity index (χ2v) is 19.9. The van der Waals surface area contributed by atoms with Crippen LogP contribution in [0, 0.1) is 0 Å². The van der Waals surface area contributed by atoms with E-state index in [0.29, 0.717) is 5.56 Å². The monoisotopic (exact) mass is 844 g/mol. The maximum Gasteiger partial charge on any atom is 0.226 e. The molecule has 0 atom stereocenters. The van der Waals surface area contributed by atoms with Gasteiger partial charge in [0.25, 0.3) is 0 Å². The predicted octanol–water partition coefficient (Wildman–Crippen LogP) is 13.5. The maximum absolute atomic E-state index is 6.68. The van der Waals surface area contributed by atoms with E-state index in [2.05, 4.69) is 0 Å². The predicted molar refractivity (Wildman–Crippen MR) is 166 cm³/mol. The highest BCUT2D eigenvalue weighted by molar-refractivity contribution is 6.81. The third kappa shape index (κ3) is 6.68. The van der Waals surface area contributed by atoms with Crippen molar-refractivity contribution in [3.8, 4) is 0 Å². The van der Waals surface area contributed by atoms with Gasteiger partial charge in [-0.25, -0.2) is 0 Å². The van der Waals surface area contributed by atoms with Gasteiger partial charge in [0.15, 0.2) is 17.3 Å². The summed E-state index contributed by atoms with van der Waals surface area (Å²) < 4.78 is -20.0. The van der Waals surface area contributed by atoms with Gasteiger partial charge in [0.2, 0.25) is 16.3 Å². The number of hydrogen-bond acceptors (Lipinski definition) is 0. The second-order valence-electron chi connectivity index (χ2n) is 7.40. The highest BCUT2D eigenvalue weighted by Gasteiger charge is 2.70. The normalized spacial score (nSPS) is 15.7. The van der Waals surface area contributed by atoms with Crippen molar-refractivity contribution in [2.45, 2.75) is 53.4 Å². The quantitative estimate of drug-likeness (QED) is 0.240. The van der Waals surface area contributed by atoms with Gasteiger partial charge in [-0.3, -0.25) is 0 Å². The van der Waals surface area contributed by atoms with E-state index in [1.807, 2.05) is 0 Å². The Morgan fingerprint density at radius 1 is 0.486 bits per heavy atom. The molecule has 0 amide bonds. The fraction of sp³-hybridized carbons (Fsp3) is 0.647. The van der Waals surface area contributed by atoms with E-state index in [0.717, 1.165) is 0 Å². The third-order valence-electron chi connectivity index (χ3n) is 4.67. The molecule has 0 saturated carbocycles. The molecule has 204 valence electrons. The molecule has 35 heavy (non-hydrogen) atoms. The van der Waals surface area contributed by atoms with Gasteiger partial charge >= 0.3 is 0 Å². The lowest BCUT2D eigenvalue weighted by atomic mass is 9.89. The first-order valence-corrected chi connectivity index (χ1v) is 15.4. The molecular weight excluding hydrogens is 842 g/mol. The Balaban J connectivity index is 3.96. The molecule has 1 aromatic rings. The van der Waals surface area contributed by atoms with Crippen LogP contribution in [0.5, 0.6) is 0 Å². The molecule has 18 heteroatoms. The van der Waals surface area contributed by atoms with Gasteiger partial charge in [-0.1, -0.05) is 235 Å². The summed E-state index contributed by atoms with van der Waals surface area (Å²) in [5, 5.41) is 0. The smallest absolute Gasteiger partial charge is 0.0943 e. The lowest BCUT2D eigenvalue weighted by Gasteiger charge is -2.46. The van der Waals surface area contributed by atoms with Crippen molar-refractivity contribution in [2.24, 2.45) is 0 Å². The van der Waals surface area contributed by atoms with E-state index in [4.69, 9.17) is 209 Å². The number of alkyl halides is 18. The Bertz CT molecular complexity index is 918. The van der Waals surface area contributed by atoms with Gasteiger partial charge in [0, 0.05) is 0 Å². The highest BCUT2D eigenvalue weighted by atomic mass is 35.6. The summed E-state index contributed by atoms with van der Waals surface area (Å²) in [6.45, 7) is 3.59. The second kappa shape index (κ2) is 11.8. The molecule has 1 rings (SSSR count). The van der Waals surface area contributed by atoms with Gasteiger partial charge in [0.05, 0.1) is 0 Å². The molecule has 1 aromatic carbocycles.